The Labute approximate surface area is 201 Å². The van der Waals surface area contributed by atoms with Crippen molar-refractivity contribution in [3.05, 3.63) is 35.5 Å². The maximum Gasteiger partial charge on any atom is 0.408 e. The zero-order chi connectivity index (χ0) is 25.2. The van der Waals surface area contributed by atoms with Crippen molar-refractivity contribution in [2.45, 2.75) is 73.1 Å². The van der Waals surface area contributed by atoms with Gasteiger partial charge < -0.3 is 19.9 Å². The summed E-state index contributed by atoms with van der Waals surface area (Å²) < 4.78 is 12.2. The number of ether oxygens (including phenoxy) is 2. The van der Waals surface area contributed by atoms with E-state index >= 15 is 0 Å². The average molecular weight is 470 g/mol. The lowest BCUT2D eigenvalue weighted by atomic mass is 9.96. The third kappa shape index (κ3) is 5.61. The number of fused-ring (bicyclic) bond motifs is 3. The molecular weight excluding hydrogens is 434 g/mol. The average Bonchev–Trinajstić information content (AvgIpc) is 2.70. The number of rotatable bonds is 7. The van der Waals surface area contributed by atoms with Crippen LogP contribution in [0.4, 0.5) is 10.6 Å². The zero-order valence-corrected chi connectivity index (χ0v) is 21.1. The fraction of sp³-hybridized carbons (Fsp3) is 0.500. The van der Waals surface area contributed by atoms with E-state index < -0.39 is 11.6 Å². The van der Waals surface area contributed by atoms with Gasteiger partial charge in [-0.2, -0.15) is 0 Å². The lowest BCUT2D eigenvalue weighted by molar-refractivity contribution is -0.114. The maximum atomic E-state index is 12.1. The van der Waals surface area contributed by atoms with Crippen molar-refractivity contribution in [2.75, 3.05) is 11.9 Å². The minimum atomic E-state index is -0.951. The Balaban J connectivity index is 1.89. The topological polar surface area (TPSA) is 101 Å². The van der Waals surface area contributed by atoms with Gasteiger partial charge in [0.1, 0.15) is 30.5 Å². The SMILES string of the molecule is CC(=O)Nc1cc2c(cn1)COc1c-2ccc(OC[C@H](CC(C)C)N(C(=O)O)C(C)(C)C)c1C. The van der Waals surface area contributed by atoms with E-state index in [0.29, 0.717) is 30.5 Å². The summed E-state index contributed by atoms with van der Waals surface area (Å²) in [7, 11) is 0. The summed E-state index contributed by atoms with van der Waals surface area (Å²) in [4.78, 5) is 29.3. The Kier molecular flexibility index (Phi) is 7.38. The molecule has 2 amide bonds. The Morgan fingerprint density at radius 1 is 1.26 bits per heavy atom. The van der Waals surface area contributed by atoms with E-state index in [2.05, 4.69) is 24.1 Å². The van der Waals surface area contributed by atoms with Crippen molar-refractivity contribution >= 4 is 17.8 Å². The number of hydrogen-bond donors (Lipinski definition) is 2. The van der Waals surface area contributed by atoms with E-state index in [1.54, 1.807) is 6.20 Å². The number of benzene rings is 1. The molecule has 0 spiro atoms. The highest BCUT2D eigenvalue weighted by Crippen LogP contribution is 2.43. The summed E-state index contributed by atoms with van der Waals surface area (Å²) in [5.74, 6) is 2.00. The Bertz CT molecular complexity index is 1070. The number of aromatic nitrogens is 1. The van der Waals surface area contributed by atoms with Crippen LogP contribution in [-0.4, -0.2) is 45.2 Å². The molecule has 2 N–H and O–H groups in total. The highest BCUT2D eigenvalue weighted by Gasteiger charge is 2.34. The molecule has 0 unspecified atom stereocenters. The summed E-state index contributed by atoms with van der Waals surface area (Å²) >= 11 is 0. The van der Waals surface area contributed by atoms with Gasteiger partial charge in [0.05, 0.1) is 6.04 Å². The second-order valence-electron chi connectivity index (χ2n) is 10.2. The maximum absolute atomic E-state index is 12.1. The lowest BCUT2D eigenvalue weighted by Crippen LogP contribution is -2.53. The van der Waals surface area contributed by atoms with Gasteiger partial charge in [-0.1, -0.05) is 13.8 Å². The van der Waals surface area contributed by atoms with Crippen molar-refractivity contribution in [1.82, 2.24) is 9.88 Å². The fourth-order valence-corrected chi connectivity index (χ4v) is 4.45. The van der Waals surface area contributed by atoms with Gasteiger partial charge in [-0.3, -0.25) is 9.69 Å². The van der Waals surface area contributed by atoms with E-state index in [1.807, 2.05) is 45.9 Å². The monoisotopic (exact) mass is 469 g/mol. The Hall–Kier alpha value is -3.29. The molecule has 2 heterocycles. The van der Waals surface area contributed by atoms with Crippen LogP contribution in [0.15, 0.2) is 24.4 Å². The molecule has 0 bridgehead atoms. The molecule has 0 saturated heterocycles. The van der Waals surface area contributed by atoms with Crippen LogP contribution >= 0.6 is 0 Å². The normalized spacial score (nSPS) is 13.4. The number of hydrogen-bond acceptors (Lipinski definition) is 5. The van der Waals surface area contributed by atoms with Crippen LogP contribution in [0.5, 0.6) is 11.5 Å². The number of anilines is 1. The molecule has 1 atom stereocenters. The third-order valence-electron chi connectivity index (χ3n) is 5.78. The first-order valence-electron chi connectivity index (χ1n) is 11.6. The zero-order valence-electron chi connectivity index (χ0n) is 21.1. The van der Waals surface area contributed by atoms with Crippen molar-refractivity contribution in [2.24, 2.45) is 5.92 Å². The largest absolute Gasteiger partial charge is 0.491 e. The van der Waals surface area contributed by atoms with Gasteiger partial charge in [-0.05, 0) is 63.8 Å². The van der Waals surface area contributed by atoms with Crippen LogP contribution < -0.4 is 14.8 Å². The fourth-order valence-electron chi connectivity index (χ4n) is 4.45. The molecular formula is C26H35N3O5. The lowest BCUT2D eigenvalue weighted by Gasteiger charge is -2.40. The highest BCUT2D eigenvalue weighted by atomic mass is 16.5. The molecule has 0 aliphatic carbocycles. The number of nitrogens with zero attached hydrogens (tertiary/aromatic N) is 2. The van der Waals surface area contributed by atoms with Crippen LogP contribution in [0, 0.1) is 12.8 Å². The molecule has 1 aliphatic rings. The van der Waals surface area contributed by atoms with Crippen LogP contribution in [0.3, 0.4) is 0 Å². The van der Waals surface area contributed by atoms with E-state index in [4.69, 9.17) is 9.47 Å². The number of carboxylic acid groups (broad SMARTS) is 1. The van der Waals surface area contributed by atoms with Crippen LogP contribution in [0.25, 0.3) is 11.1 Å². The van der Waals surface area contributed by atoms with E-state index in [9.17, 15) is 14.7 Å². The van der Waals surface area contributed by atoms with E-state index in [1.165, 1.54) is 11.8 Å². The third-order valence-corrected chi connectivity index (χ3v) is 5.78. The second-order valence-corrected chi connectivity index (χ2v) is 10.2. The summed E-state index contributed by atoms with van der Waals surface area (Å²) in [6, 6.07) is 5.38. The summed E-state index contributed by atoms with van der Waals surface area (Å²) in [6.45, 7) is 13.8. The first-order chi connectivity index (χ1) is 15.9. The molecule has 0 radical (unpaired) electrons. The van der Waals surface area contributed by atoms with Gasteiger partial charge in [0.2, 0.25) is 5.91 Å². The standard InChI is InChI=1S/C26H35N3O5/c1-15(2)10-19(29(25(31)32)26(5,6)7)14-33-22-9-8-20-21-11-23(28-17(4)30)27-12-18(21)13-34-24(20)16(22)3/h8-9,11-12,15,19H,10,13-14H2,1-7H3,(H,31,32)(H,27,28,30)/t19-/m0/s1. The number of amides is 2. The predicted molar refractivity (Wildman–Crippen MR) is 131 cm³/mol. The van der Waals surface area contributed by atoms with Crippen molar-refractivity contribution in [1.29, 1.82) is 0 Å². The van der Waals surface area contributed by atoms with Gasteiger partial charge in [0.25, 0.3) is 0 Å². The summed E-state index contributed by atoms with van der Waals surface area (Å²) in [6.07, 6.45) is 1.45. The number of carbonyl (C=O) groups excluding carboxylic acids is 1. The molecule has 184 valence electrons. The summed E-state index contributed by atoms with van der Waals surface area (Å²) in [5, 5.41) is 12.6. The Morgan fingerprint density at radius 2 is 1.97 bits per heavy atom. The van der Waals surface area contributed by atoms with Gasteiger partial charge in [0, 0.05) is 35.3 Å². The van der Waals surface area contributed by atoms with Gasteiger partial charge in [-0.15, -0.1) is 0 Å². The van der Waals surface area contributed by atoms with Crippen LogP contribution in [-0.2, 0) is 11.4 Å². The Morgan fingerprint density at radius 3 is 2.56 bits per heavy atom. The van der Waals surface area contributed by atoms with Crippen LogP contribution in [0.2, 0.25) is 0 Å². The number of pyridine rings is 1. The molecule has 3 rings (SSSR count). The first-order valence-corrected chi connectivity index (χ1v) is 11.6. The van der Waals surface area contributed by atoms with Gasteiger partial charge in [0.15, 0.2) is 0 Å². The summed E-state index contributed by atoms with van der Waals surface area (Å²) in [5.41, 5.74) is 3.10. The molecule has 1 aromatic heterocycles. The highest BCUT2D eigenvalue weighted by molar-refractivity contribution is 5.89. The number of carbonyl (C=O) groups is 2. The minimum absolute atomic E-state index is 0.179. The quantitative estimate of drug-likeness (QED) is 0.557. The van der Waals surface area contributed by atoms with E-state index in [0.717, 1.165) is 28.0 Å². The van der Waals surface area contributed by atoms with Gasteiger partial charge in [-0.25, -0.2) is 9.78 Å². The predicted octanol–water partition coefficient (Wildman–Crippen LogP) is 5.48. The van der Waals surface area contributed by atoms with Crippen LogP contribution in [0.1, 0.15) is 59.1 Å². The molecule has 0 fully saturated rings. The van der Waals surface area contributed by atoms with Crippen molar-refractivity contribution < 1.29 is 24.2 Å². The first kappa shape index (κ1) is 25.3. The number of nitrogens with one attached hydrogen (secondary N) is 1. The molecule has 0 saturated carbocycles. The second kappa shape index (κ2) is 9.91. The van der Waals surface area contributed by atoms with Crippen molar-refractivity contribution in [3.63, 3.8) is 0 Å². The molecule has 34 heavy (non-hydrogen) atoms. The smallest absolute Gasteiger partial charge is 0.408 e. The van der Waals surface area contributed by atoms with E-state index in [-0.39, 0.29) is 18.6 Å². The molecule has 8 heteroatoms. The molecule has 1 aromatic carbocycles. The molecule has 1 aliphatic heterocycles. The molecule has 8 nitrogen and oxygen atoms in total. The van der Waals surface area contributed by atoms with Crippen molar-refractivity contribution in [3.8, 4) is 22.6 Å². The minimum Gasteiger partial charge on any atom is -0.491 e. The van der Waals surface area contributed by atoms with Gasteiger partial charge >= 0.3 is 6.09 Å². The molecule has 2 aromatic rings.